The quantitative estimate of drug-likeness (QED) is 0.373. The predicted octanol–water partition coefficient (Wildman–Crippen LogP) is 2.00. The van der Waals surface area contributed by atoms with Gasteiger partial charge in [-0.3, -0.25) is 9.69 Å². The molecule has 0 amide bonds. The third kappa shape index (κ3) is 6.34. The van der Waals surface area contributed by atoms with Gasteiger partial charge in [-0.2, -0.15) is 4.98 Å². The fraction of sp³-hybridized carbons (Fsp3) is 0.842. The monoisotopic (exact) mass is 382 g/mol. The van der Waals surface area contributed by atoms with E-state index in [0.717, 1.165) is 32.5 Å². The minimum Gasteiger partial charge on any atom is -0.359 e. The molecule has 8 nitrogen and oxygen atoms in total. The fourth-order valence-electron chi connectivity index (χ4n) is 3.14. The van der Waals surface area contributed by atoms with E-state index in [9.17, 15) is 4.79 Å². The number of hydrogen-bond acceptors (Lipinski definition) is 8. The number of carbonyl (C=O) groups excluding carboxylic acids is 1. The summed E-state index contributed by atoms with van der Waals surface area (Å²) >= 11 is 0. The molecule has 1 aromatic heterocycles. The van der Waals surface area contributed by atoms with Gasteiger partial charge in [0.15, 0.2) is 0 Å². The molecule has 0 spiro atoms. The summed E-state index contributed by atoms with van der Waals surface area (Å²) in [5, 5.41) is 7.40. The summed E-state index contributed by atoms with van der Waals surface area (Å²) in [6.45, 7) is 13.4. The third-order valence-corrected chi connectivity index (χ3v) is 4.62. The van der Waals surface area contributed by atoms with Crippen LogP contribution in [0.25, 0.3) is 0 Å². The first kappa shape index (κ1) is 21.9. The Morgan fingerprint density at radius 1 is 1.33 bits per heavy atom. The van der Waals surface area contributed by atoms with Crippen molar-refractivity contribution in [2.75, 3.05) is 40.1 Å². The normalized spacial score (nSPS) is 19.0. The second-order valence-corrected chi connectivity index (χ2v) is 8.80. The summed E-state index contributed by atoms with van der Waals surface area (Å²) in [5.41, 5.74) is -0.422. The number of nitrogens with one attached hydrogen (secondary N) is 1. The second-order valence-electron chi connectivity index (χ2n) is 8.80. The van der Waals surface area contributed by atoms with Crippen LogP contribution in [0.3, 0.4) is 0 Å². The van der Waals surface area contributed by atoms with Gasteiger partial charge in [0.25, 0.3) is 0 Å². The van der Waals surface area contributed by atoms with Crippen LogP contribution in [0, 0.1) is 0 Å². The lowest BCUT2D eigenvalue weighted by Crippen LogP contribution is -2.48. The molecule has 27 heavy (non-hydrogen) atoms. The van der Waals surface area contributed by atoms with Crippen molar-refractivity contribution in [3.05, 3.63) is 11.7 Å². The zero-order valence-electron chi connectivity index (χ0n) is 17.5. The van der Waals surface area contributed by atoms with Gasteiger partial charge in [0.05, 0.1) is 12.6 Å². The lowest BCUT2D eigenvalue weighted by molar-refractivity contribution is -0.0487. The molecule has 1 N–H and O–H groups in total. The van der Waals surface area contributed by atoms with E-state index in [1.54, 1.807) is 7.11 Å². The van der Waals surface area contributed by atoms with Crippen molar-refractivity contribution in [2.24, 2.45) is 0 Å². The van der Waals surface area contributed by atoms with Crippen LogP contribution < -0.4 is 5.32 Å². The molecule has 2 heterocycles. The number of methoxy groups -OCH3 is 1. The maximum absolute atomic E-state index is 12.9. The highest BCUT2D eigenvalue weighted by Crippen LogP contribution is 2.23. The molecule has 1 aliphatic rings. The van der Waals surface area contributed by atoms with Gasteiger partial charge >= 0.3 is 0 Å². The minimum atomic E-state index is -0.263. The Labute approximate surface area is 162 Å². The van der Waals surface area contributed by atoms with E-state index in [0.29, 0.717) is 12.5 Å². The van der Waals surface area contributed by atoms with Gasteiger partial charge in [-0.25, -0.2) is 0 Å². The lowest BCUT2D eigenvalue weighted by atomic mass is 9.97. The summed E-state index contributed by atoms with van der Waals surface area (Å²) in [4.78, 5) is 19.4. The number of carbonyl (C=O) groups is 1. The molecule has 1 aromatic rings. The Morgan fingerprint density at radius 3 is 2.70 bits per heavy atom. The molecule has 0 radical (unpaired) electrons. The standard InChI is InChI=1S/C19H34N4O4/c1-18(2,3)17-21-16(22-27-17)15(24)14-8-7-10-23(14)11-9-20-19(4,5)12-26-13-25-6/h14,20H,7-13H2,1-6H3. The largest absolute Gasteiger partial charge is 0.359 e. The number of ketones is 1. The van der Waals surface area contributed by atoms with E-state index in [1.165, 1.54) is 0 Å². The minimum absolute atomic E-state index is 0.0468. The zero-order chi connectivity index (χ0) is 20.1. The van der Waals surface area contributed by atoms with Gasteiger partial charge in [-0.1, -0.05) is 25.9 Å². The van der Waals surface area contributed by atoms with Crippen LogP contribution in [-0.2, 0) is 14.9 Å². The van der Waals surface area contributed by atoms with E-state index in [2.05, 4.69) is 34.2 Å². The number of likely N-dealkylation sites (tertiary alicyclic amines) is 1. The fourth-order valence-corrected chi connectivity index (χ4v) is 3.14. The molecule has 1 saturated heterocycles. The average molecular weight is 383 g/mol. The van der Waals surface area contributed by atoms with Crippen LogP contribution in [0.5, 0.6) is 0 Å². The number of aromatic nitrogens is 2. The highest BCUT2D eigenvalue weighted by Gasteiger charge is 2.34. The number of ether oxygens (including phenoxy) is 2. The van der Waals surface area contributed by atoms with Crippen molar-refractivity contribution in [2.45, 2.75) is 64.5 Å². The molecule has 2 rings (SSSR count). The summed E-state index contributed by atoms with van der Waals surface area (Å²) in [7, 11) is 1.61. The van der Waals surface area contributed by atoms with E-state index in [4.69, 9.17) is 14.0 Å². The summed E-state index contributed by atoms with van der Waals surface area (Å²) in [5.74, 6) is 0.641. The topological polar surface area (TPSA) is 89.7 Å². The molecule has 8 heteroatoms. The number of Topliss-reactive ketones (excluding diaryl/α,β-unsaturated/α-hetero) is 1. The van der Waals surface area contributed by atoms with Crippen LogP contribution in [0.4, 0.5) is 0 Å². The molecule has 0 aliphatic carbocycles. The Hall–Kier alpha value is -1.35. The Morgan fingerprint density at radius 2 is 2.07 bits per heavy atom. The number of hydrogen-bond donors (Lipinski definition) is 1. The van der Waals surface area contributed by atoms with Gasteiger partial charge in [0, 0.05) is 31.2 Å². The molecular weight excluding hydrogens is 348 g/mol. The van der Waals surface area contributed by atoms with E-state index < -0.39 is 0 Å². The van der Waals surface area contributed by atoms with Crippen molar-refractivity contribution in [1.82, 2.24) is 20.4 Å². The summed E-state index contributed by atoms with van der Waals surface area (Å²) < 4.78 is 15.6. The molecule has 0 aromatic carbocycles. The first-order valence-corrected chi connectivity index (χ1v) is 9.58. The summed E-state index contributed by atoms with van der Waals surface area (Å²) in [6, 6.07) is -0.176. The molecule has 1 aliphatic heterocycles. The molecule has 1 fully saturated rings. The second kappa shape index (κ2) is 9.23. The molecular formula is C19H34N4O4. The average Bonchev–Trinajstić information content (AvgIpc) is 3.23. The van der Waals surface area contributed by atoms with Crippen molar-refractivity contribution in [1.29, 1.82) is 0 Å². The number of rotatable bonds is 10. The zero-order valence-corrected chi connectivity index (χ0v) is 17.5. The third-order valence-electron chi connectivity index (χ3n) is 4.62. The Bertz CT molecular complexity index is 609. The predicted molar refractivity (Wildman–Crippen MR) is 102 cm³/mol. The molecule has 1 atom stereocenters. The highest BCUT2D eigenvalue weighted by atomic mass is 16.7. The van der Waals surface area contributed by atoms with Gasteiger partial charge in [-0.15, -0.1) is 0 Å². The first-order valence-electron chi connectivity index (χ1n) is 9.58. The Balaban J connectivity index is 1.87. The van der Waals surface area contributed by atoms with Gasteiger partial charge in [-0.05, 0) is 33.2 Å². The molecule has 0 bridgehead atoms. The van der Waals surface area contributed by atoms with Crippen LogP contribution in [0.15, 0.2) is 4.52 Å². The SMILES string of the molecule is COCOCC(C)(C)NCCN1CCCC1C(=O)c1noc(C(C)(C)C)n1. The van der Waals surface area contributed by atoms with Gasteiger partial charge in [0.1, 0.15) is 6.79 Å². The smallest absolute Gasteiger partial charge is 0.240 e. The van der Waals surface area contributed by atoms with Gasteiger partial charge < -0.3 is 19.3 Å². The van der Waals surface area contributed by atoms with E-state index in [1.807, 2.05) is 20.8 Å². The van der Waals surface area contributed by atoms with Crippen molar-refractivity contribution < 1.29 is 18.8 Å². The van der Waals surface area contributed by atoms with Crippen molar-refractivity contribution in [3.63, 3.8) is 0 Å². The van der Waals surface area contributed by atoms with Crippen LogP contribution in [-0.4, -0.2) is 72.5 Å². The Kier molecular flexibility index (Phi) is 7.50. The van der Waals surface area contributed by atoms with Crippen molar-refractivity contribution >= 4 is 5.78 Å². The number of nitrogens with zero attached hydrogens (tertiary/aromatic N) is 3. The van der Waals surface area contributed by atoms with Crippen molar-refractivity contribution in [3.8, 4) is 0 Å². The highest BCUT2D eigenvalue weighted by molar-refractivity contribution is 5.96. The maximum Gasteiger partial charge on any atom is 0.240 e. The summed E-state index contributed by atoms with van der Waals surface area (Å²) in [6.07, 6.45) is 1.83. The van der Waals surface area contributed by atoms with E-state index >= 15 is 0 Å². The molecule has 154 valence electrons. The van der Waals surface area contributed by atoms with E-state index in [-0.39, 0.29) is 35.4 Å². The lowest BCUT2D eigenvalue weighted by Gasteiger charge is -2.28. The van der Waals surface area contributed by atoms with Crippen LogP contribution in [0.2, 0.25) is 0 Å². The molecule has 0 saturated carbocycles. The van der Waals surface area contributed by atoms with Crippen LogP contribution in [0.1, 0.15) is 64.0 Å². The van der Waals surface area contributed by atoms with Crippen LogP contribution >= 0.6 is 0 Å². The molecule has 1 unspecified atom stereocenters. The van der Waals surface area contributed by atoms with Gasteiger partial charge in [0.2, 0.25) is 17.5 Å². The maximum atomic E-state index is 12.9. The first-order chi connectivity index (χ1) is 12.6.